The summed E-state index contributed by atoms with van der Waals surface area (Å²) >= 11 is 1.77. The number of benzene rings is 1. The average molecular weight is 353 g/mol. The van der Waals surface area contributed by atoms with Crippen molar-refractivity contribution in [2.24, 2.45) is 11.7 Å². The lowest BCUT2D eigenvalue weighted by Gasteiger charge is -2.37. The fraction of sp³-hybridized carbons (Fsp3) is 0.500. The average Bonchev–Trinajstić information content (AvgIpc) is 2.90. The van der Waals surface area contributed by atoms with Crippen LogP contribution in [0.25, 0.3) is 10.1 Å². The van der Waals surface area contributed by atoms with Crippen molar-refractivity contribution < 1.29 is 4.79 Å². The zero-order valence-corrected chi connectivity index (χ0v) is 15.1. The maximum atomic E-state index is 12.4. The molecular weight excluding hydrogens is 328 g/mol. The summed E-state index contributed by atoms with van der Waals surface area (Å²) in [4.78, 5) is 12.4. The number of carbonyl (C=O) groups is 1. The van der Waals surface area contributed by atoms with Crippen molar-refractivity contribution >= 4 is 39.7 Å². The summed E-state index contributed by atoms with van der Waals surface area (Å²) in [5.41, 5.74) is 7.27. The predicted octanol–water partition coefficient (Wildman–Crippen LogP) is 3.89. The third kappa shape index (κ3) is 4.06. The highest BCUT2D eigenvalue weighted by molar-refractivity contribution is 7.17. The van der Waals surface area contributed by atoms with Crippen molar-refractivity contribution in [1.82, 2.24) is 5.32 Å². The summed E-state index contributed by atoms with van der Waals surface area (Å²) in [5, 5.41) is 6.60. The Balaban J connectivity index is 0.00000192. The number of nitrogens with one attached hydrogen (secondary N) is 1. The van der Waals surface area contributed by atoms with Crippen LogP contribution in [0.15, 0.2) is 29.6 Å². The van der Waals surface area contributed by atoms with Gasteiger partial charge in [0.05, 0.1) is 5.92 Å². The summed E-state index contributed by atoms with van der Waals surface area (Å²) < 4.78 is 1.31. The molecule has 3 nitrogen and oxygen atoms in total. The number of hydrogen-bond donors (Lipinski definition) is 2. The van der Waals surface area contributed by atoms with Crippen LogP contribution in [0.5, 0.6) is 0 Å². The van der Waals surface area contributed by atoms with E-state index in [-0.39, 0.29) is 29.8 Å². The zero-order chi connectivity index (χ0) is 15.6. The molecule has 0 spiro atoms. The molecule has 23 heavy (non-hydrogen) atoms. The molecule has 3 N–H and O–H groups in total. The van der Waals surface area contributed by atoms with Crippen LogP contribution >= 0.6 is 23.7 Å². The number of rotatable bonds is 4. The van der Waals surface area contributed by atoms with E-state index in [1.165, 1.54) is 15.6 Å². The number of amides is 1. The molecule has 0 bridgehead atoms. The van der Waals surface area contributed by atoms with E-state index < -0.39 is 0 Å². The minimum atomic E-state index is -0.350. The van der Waals surface area contributed by atoms with Crippen LogP contribution in [0.4, 0.5) is 0 Å². The first kappa shape index (κ1) is 18.2. The van der Waals surface area contributed by atoms with E-state index in [4.69, 9.17) is 5.73 Å². The van der Waals surface area contributed by atoms with Crippen LogP contribution in [0, 0.1) is 5.92 Å². The van der Waals surface area contributed by atoms with Gasteiger partial charge in [-0.2, -0.15) is 0 Å². The molecule has 1 aromatic heterocycles. The van der Waals surface area contributed by atoms with Crippen molar-refractivity contribution in [2.75, 3.05) is 6.54 Å². The first-order valence-corrected chi connectivity index (χ1v) is 8.97. The molecule has 1 aliphatic rings. The fourth-order valence-electron chi connectivity index (χ4n) is 3.46. The summed E-state index contributed by atoms with van der Waals surface area (Å²) in [5.74, 6) is 0.0877. The molecule has 1 amide bonds. The molecule has 2 unspecified atom stereocenters. The van der Waals surface area contributed by atoms with Crippen molar-refractivity contribution in [2.45, 2.75) is 44.6 Å². The Bertz CT molecular complexity index is 668. The van der Waals surface area contributed by atoms with E-state index in [2.05, 4.69) is 35.0 Å². The zero-order valence-electron chi connectivity index (χ0n) is 13.5. The van der Waals surface area contributed by atoms with Crippen molar-refractivity contribution in [1.29, 1.82) is 0 Å². The summed E-state index contributed by atoms with van der Waals surface area (Å²) in [6.07, 6.45) is 4.99. The maximum absolute atomic E-state index is 12.4. The van der Waals surface area contributed by atoms with Gasteiger partial charge in [0.1, 0.15) is 0 Å². The number of thiophene rings is 1. The largest absolute Gasteiger partial charge is 0.355 e. The molecule has 126 valence electrons. The highest BCUT2D eigenvalue weighted by Crippen LogP contribution is 2.31. The van der Waals surface area contributed by atoms with E-state index in [1.807, 2.05) is 6.92 Å². The van der Waals surface area contributed by atoms with Gasteiger partial charge in [-0.15, -0.1) is 23.7 Å². The number of fused-ring (bicyclic) bond motifs is 1. The summed E-state index contributed by atoms with van der Waals surface area (Å²) in [6.45, 7) is 2.70. The van der Waals surface area contributed by atoms with Crippen LogP contribution in [0.2, 0.25) is 0 Å². The first-order chi connectivity index (χ1) is 10.6. The lowest BCUT2D eigenvalue weighted by Crippen LogP contribution is -2.53. The number of carbonyl (C=O) groups excluding carboxylic acids is 1. The van der Waals surface area contributed by atoms with Crippen molar-refractivity contribution in [3.8, 4) is 0 Å². The second-order valence-corrected chi connectivity index (χ2v) is 7.51. The highest BCUT2D eigenvalue weighted by atomic mass is 35.5. The molecule has 5 heteroatoms. The van der Waals surface area contributed by atoms with Crippen molar-refractivity contribution in [3.63, 3.8) is 0 Å². The molecular formula is C18H25ClN2OS. The molecule has 1 aliphatic carbocycles. The third-order valence-electron chi connectivity index (χ3n) is 4.83. The Kier molecular flexibility index (Phi) is 6.06. The van der Waals surface area contributed by atoms with Gasteiger partial charge in [0.15, 0.2) is 0 Å². The van der Waals surface area contributed by atoms with Gasteiger partial charge in [-0.3, -0.25) is 4.79 Å². The lowest BCUT2D eigenvalue weighted by atomic mass is 9.74. The van der Waals surface area contributed by atoms with Crippen LogP contribution in [-0.4, -0.2) is 18.0 Å². The van der Waals surface area contributed by atoms with Gasteiger partial charge in [0.25, 0.3) is 0 Å². The Hall–Kier alpha value is -1.10. The summed E-state index contributed by atoms with van der Waals surface area (Å²) in [6, 6.07) is 8.43. The van der Waals surface area contributed by atoms with Gasteiger partial charge in [-0.05, 0) is 48.6 Å². The highest BCUT2D eigenvalue weighted by Gasteiger charge is 2.37. The van der Waals surface area contributed by atoms with Crippen LogP contribution in [-0.2, 0) is 11.2 Å². The third-order valence-corrected chi connectivity index (χ3v) is 5.84. The Labute approximate surface area is 148 Å². The molecule has 1 heterocycles. The quantitative estimate of drug-likeness (QED) is 0.877. The minimum absolute atomic E-state index is 0. The molecule has 2 aromatic rings. The lowest BCUT2D eigenvalue weighted by molar-refractivity contribution is -0.128. The standard InChI is InChI=1S/C18H24N2OS.ClH/c1-18(19)10-5-4-7-15(18)17(21)20-11-9-13-12-22-16-8-3-2-6-14(13)16;/h2-3,6,8,12,15H,4-5,7,9-11,19H2,1H3,(H,20,21);1H. The van der Waals surface area contributed by atoms with E-state index in [1.54, 1.807) is 11.3 Å². The molecule has 3 rings (SSSR count). The maximum Gasteiger partial charge on any atom is 0.224 e. The number of halogens is 1. The molecule has 1 aromatic carbocycles. The first-order valence-electron chi connectivity index (χ1n) is 8.09. The van der Waals surface area contributed by atoms with Gasteiger partial charge >= 0.3 is 0 Å². The Morgan fingerprint density at radius 3 is 2.96 bits per heavy atom. The monoisotopic (exact) mass is 352 g/mol. The van der Waals surface area contributed by atoms with Gasteiger partial charge in [0, 0.05) is 16.8 Å². The Morgan fingerprint density at radius 1 is 1.39 bits per heavy atom. The van der Waals surface area contributed by atoms with E-state index in [9.17, 15) is 4.79 Å². The van der Waals surface area contributed by atoms with Crippen LogP contribution < -0.4 is 11.1 Å². The van der Waals surface area contributed by atoms with Crippen molar-refractivity contribution in [3.05, 3.63) is 35.2 Å². The smallest absolute Gasteiger partial charge is 0.224 e. The van der Waals surface area contributed by atoms with E-state index >= 15 is 0 Å². The van der Waals surface area contributed by atoms with E-state index in [0.717, 1.165) is 32.1 Å². The molecule has 0 aliphatic heterocycles. The summed E-state index contributed by atoms with van der Waals surface area (Å²) in [7, 11) is 0. The number of nitrogens with two attached hydrogens (primary N) is 1. The molecule has 1 saturated carbocycles. The fourth-order valence-corrected chi connectivity index (χ4v) is 4.46. The van der Waals surface area contributed by atoms with Crippen LogP contribution in [0.3, 0.4) is 0 Å². The SMILES string of the molecule is CC1(N)CCCCC1C(=O)NCCc1csc2ccccc12.Cl. The second-order valence-electron chi connectivity index (χ2n) is 6.60. The van der Waals surface area contributed by atoms with Gasteiger partial charge < -0.3 is 11.1 Å². The number of hydrogen-bond acceptors (Lipinski definition) is 3. The molecule has 2 atom stereocenters. The van der Waals surface area contributed by atoms with E-state index in [0.29, 0.717) is 6.54 Å². The topological polar surface area (TPSA) is 55.1 Å². The van der Waals surface area contributed by atoms with Gasteiger partial charge in [-0.25, -0.2) is 0 Å². The second kappa shape index (κ2) is 7.65. The molecule has 1 fully saturated rings. The Morgan fingerprint density at radius 2 is 2.17 bits per heavy atom. The predicted molar refractivity (Wildman–Crippen MR) is 100 cm³/mol. The molecule has 0 saturated heterocycles. The van der Waals surface area contributed by atoms with Gasteiger partial charge in [-0.1, -0.05) is 31.0 Å². The van der Waals surface area contributed by atoms with Crippen LogP contribution in [0.1, 0.15) is 38.2 Å². The minimum Gasteiger partial charge on any atom is -0.355 e. The normalized spacial score (nSPS) is 24.2. The van der Waals surface area contributed by atoms with Gasteiger partial charge in [0.2, 0.25) is 5.91 Å². The molecule has 0 radical (unpaired) electrons.